The first kappa shape index (κ1) is 8.85. The average molecular weight is 218 g/mol. The predicted molar refractivity (Wildman–Crippen MR) is 59.7 cm³/mol. The van der Waals surface area contributed by atoms with Gasteiger partial charge in [-0.15, -0.1) is 11.3 Å². The molecule has 3 rings (SSSR count). The smallest absolute Gasteiger partial charge is 0.220 e. The number of rotatable bonds is 1. The number of hydrogen-bond donors (Lipinski definition) is 1. The molecule has 1 atom stereocenters. The third kappa shape index (κ3) is 1.51. The molecule has 1 amide bonds. The van der Waals surface area contributed by atoms with Gasteiger partial charge in [-0.3, -0.25) is 4.79 Å². The van der Waals surface area contributed by atoms with Gasteiger partial charge in [0.1, 0.15) is 5.01 Å². The summed E-state index contributed by atoms with van der Waals surface area (Å²) in [6.45, 7) is 0. The van der Waals surface area contributed by atoms with Gasteiger partial charge in [0.15, 0.2) is 0 Å². The fourth-order valence-corrected chi connectivity index (χ4v) is 2.89. The number of thiazole rings is 1. The summed E-state index contributed by atoms with van der Waals surface area (Å²) in [6, 6.07) is 8.20. The molecular formula is C11H10N2OS. The fraction of sp³-hybridized carbons (Fsp3) is 0.273. The molecule has 0 spiro atoms. The quantitative estimate of drug-likeness (QED) is 0.797. The highest BCUT2D eigenvalue weighted by Crippen LogP contribution is 2.30. The number of nitrogens with zero attached hydrogens (tertiary/aromatic N) is 1. The minimum Gasteiger partial charge on any atom is -0.347 e. The van der Waals surface area contributed by atoms with Crippen LogP contribution in [0.2, 0.25) is 0 Å². The van der Waals surface area contributed by atoms with Crippen LogP contribution in [0.3, 0.4) is 0 Å². The Bertz CT molecular complexity index is 487. The van der Waals surface area contributed by atoms with E-state index in [1.54, 1.807) is 11.3 Å². The molecule has 2 heterocycles. The van der Waals surface area contributed by atoms with E-state index in [0.717, 1.165) is 16.9 Å². The van der Waals surface area contributed by atoms with Crippen molar-refractivity contribution in [2.75, 3.05) is 0 Å². The molecule has 1 aliphatic heterocycles. The second kappa shape index (κ2) is 3.31. The standard InChI is InChI=1S/C11H10N2OS/c14-10-6-5-8(12-10)11-13-7-3-1-2-4-9(7)15-11/h1-4,8H,5-6H2,(H,12,14). The Kier molecular flexibility index (Phi) is 1.95. The lowest BCUT2D eigenvalue weighted by molar-refractivity contribution is -0.119. The molecule has 1 aromatic carbocycles. The van der Waals surface area contributed by atoms with Crippen LogP contribution in [-0.2, 0) is 4.79 Å². The Labute approximate surface area is 91.1 Å². The van der Waals surface area contributed by atoms with E-state index in [-0.39, 0.29) is 11.9 Å². The first-order valence-electron chi connectivity index (χ1n) is 4.98. The third-order valence-electron chi connectivity index (χ3n) is 2.60. The summed E-state index contributed by atoms with van der Waals surface area (Å²) in [4.78, 5) is 15.6. The largest absolute Gasteiger partial charge is 0.347 e. The van der Waals surface area contributed by atoms with E-state index in [0.29, 0.717) is 6.42 Å². The molecule has 3 nitrogen and oxygen atoms in total. The molecule has 1 fully saturated rings. The van der Waals surface area contributed by atoms with E-state index < -0.39 is 0 Å². The number of para-hydroxylation sites is 1. The van der Waals surface area contributed by atoms with Gasteiger partial charge in [0.25, 0.3) is 0 Å². The van der Waals surface area contributed by atoms with Crippen molar-refractivity contribution >= 4 is 27.5 Å². The van der Waals surface area contributed by atoms with Crippen LogP contribution in [0.5, 0.6) is 0 Å². The number of amides is 1. The van der Waals surface area contributed by atoms with Crippen molar-refractivity contribution in [3.05, 3.63) is 29.3 Å². The Balaban J connectivity index is 2.01. The number of fused-ring (bicyclic) bond motifs is 1. The number of benzene rings is 1. The zero-order chi connectivity index (χ0) is 10.3. The van der Waals surface area contributed by atoms with Gasteiger partial charge in [-0.1, -0.05) is 12.1 Å². The fourth-order valence-electron chi connectivity index (χ4n) is 1.84. The Hall–Kier alpha value is -1.42. The average Bonchev–Trinajstić information content (AvgIpc) is 2.82. The van der Waals surface area contributed by atoms with Crippen LogP contribution in [0.15, 0.2) is 24.3 Å². The van der Waals surface area contributed by atoms with E-state index in [9.17, 15) is 4.79 Å². The maximum Gasteiger partial charge on any atom is 0.220 e. The van der Waals surface area contributed by atoms with Crippen LogP contribution >= 0.6 is 11.3 Å². The Morgan fingerprint density at radius 2 is 2.27 bits per heavy atom. The summed E-state index contributed by atoms with van der Waals surface area (Å²) in [6.07, 6.45) is 1.50. The Morgan fingerprint density at radius 1 is 1.40 bits per heavy atom. The van der Waals surface area contributed by atoms with Crippen LogP contribution in [0.25, 0.3) is 10.2 Å². The highest BCUT2D eigenvalue weighted by atomic mass is 32.1. The van der Waals surface area contributed by atoms with Crippen LogP contribution in [0, 0.1) is 0 Å². The van der Waals surface area contributed by atoms with Crippen LogP contribution in [-0.4, -0.2) is 10.9 Å². The van der Waals surface area contributed by atoms with Gasteiger partial charge >= 0.3 is 0 Å². The van der Waals surface area contributed by atoms with E-state index in [4.69, 9.17) is 0 Å². The zero-order valence-electron chi connectivity index (χ0n) is 8.06. The molecular weight excluding hydrogens is 208 g/mol. The minimum atomic E-state index is 0.134. The third-order valence-corrected chi connectivity index (χ3v) is 3.75. The maximum absolute atomic E-state index is 11.1. The SMILES string of the molecule is O=C1CCC(c2nc3ccccc3s2)N1. The summed E-state index contributed by atoms with van der Waals surface area (Å²) in [5, 5.41) is 3.97. The summed E-state index contributed by atoms with van der Waals surface area (Å²) in [5.74, 6) is 0.138. The van der Waals surface area contributed by atoms with E-state index in [1.807, 2.05) is 18.2 Å². The number of carbonyl (C=O) groups excluding carboxylic acids is 1. The van der Waals surface area contributed by atoms with Gasteiger partial charge in [0.05, 0.1) is 16.3 Å². The molecule has 1 unspecified atom stereocenters. The van der Waals surface area contributed by atoms with Crippen LogP contribution < -0.4 is 5.32 Å². The lowest BCUT2D eigenvalue weighted by Gasteiger charge is -2.03. The maximum atomic E-state index is 11.1. The lowest BCUT2D eigenvalue weighted by Crippen LogP contribution is -2.17. The van der Waals surface area contributed by atoms with Gasteiger partial charge in [0.2, 0.25) is 5.91 Å². The van der Waals surface area contributed by atoms with Gasteiger partial charge in [-0.05, 0) is 18.6 Å². The lowest BCUT2D eigenvalue weighted by atomic mass is 10.2. The molecule has 76 valence electrons. The minimum absolute atomic E-state index is 0.134. The number of aromatic nitrogens is 1. The summed E-state index contributed by atoms with van der Waals surface area (Å²) < 4.78 is 1.19. The topological polar surface area (TPSA) is 42.0 Å². The number of hydrogen-bond acceptors (Lipinski definition) is 3. The summed E-state index contributed by atoms with van der Waals surface area (Å²) >= 11 is 1.67. The van der Waals surface area contributed by atoms with Crippen molar-refractivity contribution < 1.29 is 4.79 Å². The molecule has 0 radical (unpaired) electrons. The molecule has 15 heavy (non-hydrogen) atoms. The van der Waals surface area contributed by atoms with Crippen molar-refractivity contribution in [1.29, 1.82) is 0 Å². The van der Waals surface area contributed by atoms with Gasteiger partial charge in [-0.2, -0.15) is 0 Å². The second-order valence-electron chi connectivity index (χ2n) is 3.68. The van der Waals surface area contributed by atoms with Crippen molar-refractivity contribution in [3.8, 4) is 0 Å². The molecule has 1 saturated heterocycles. The van der Waals surface area contributed by atoms with Crippen molar-refractivity contribution in [3.63, 3.8) is 0 Å². The Morgan fingerprint density at radius 3 is 3.00 bits per heavy atom. The molecule has 1 aliphatic rings. The monoisotopic (exact) mass is 218 g/mol. The number of carbonyl (C=O) groups is 1. The van der Waals surface area contributed by atoms with Gasteiger partial charge in [0, 0.05) is 6.42 Å². The van der Waals surface area contributed by atoms with Crippen molar-refractivity contribution in [2.24, 2.45) is 0 Å². The van der Waals surface area contributed by atoms with Crippen molar-refractivity contribution in [1.82, 2.24) is 10.3 Å². The predicted octanol–water partition coefficient (Wildman–Crippen LogP) is 2.25. The first-order valence-corrected chi connectivity index (χ1v) is 5.79. The highest BCUT2D eigenvalue weighted by Gasteiger charge is 2.24. The second-order valence-corrected chi connectivity index (χ2v) is 4.74. The molecule has 1 N–H and O–H groups in total. The zero-order valence-corrected chi connectivity index (χ0v) is 8.88. The molecule has 0 bridgehead atoms. The summed E-state index contributed by atoms with van der Waals surface area (Å²) in [7, 11) is 0. The van der Waals surface area contributed by atoms with E-state index in [1.165, 1.54) is 4.70 Å². The normalized spacial score (nSPS) is 20.8. The van der Waals surface area contributed by atoms with Crippen LogP contribution in [0.4, 0.5) is 0 Å². The molecule has 0 aliphatic carbocycles. The van der Waals surface area contributed by atoms with E-state index >= 15 is 0 Å². The number of nitrogens with one attached hydrogen (secondary N) is 1. The molecule has 0 saturated carbocycles. The van der Waals surface area contributed by atoms with Crippen molar-refractivity contribution in [2.45, 2.75) is 18.9 Å². The summed E-state index contributed by atoms with van der Waals surface area (Å²) in [5.41, 5.74) is 1.03. The van der Waals surface area contributed by atoms with Gasteiger partial charge < -0.3 is 5.32 Å². The van der Waals surface area contributed by atoms with Crippen LogP contribution in [0.1, 0.15) is 23.9 Å². The highest BCUT2D eigenvalue weighted by molar-refractivity contribution is 7.18. The molecule has 2 aromatic rings. The molecule has 4 heteroatoms. The molecule has 1 aromatic heterocycles. The first-order chi connectivity index (χ1) is 7.33. The van der Waals surface area contributed by atoms with Gasteiger partial charge in [-0.25, -0.2) is 4.98 Å². The van der Waals surface area contributed by atoms with E-state index in [2.05, 4.69) is 16.4 Å².